The fraction of sp³-hybridized carbons (Fsp3) is 0.0667. The highest BCUT2D eigenvalue weighted by molar-refractivity contribution is 9.11. The molecule has 0 radical (unpaired) electrons. The van der Waals surface area contributed by atoms with Gasteiger partial charge in [-0.1, -0.05) is 42.5 Å². The maximum atomic E-state index is 3.75. The Bertz CT molecular complexity index is 730. The number of rotatable bonds is 0. The monoisotopic (exact) mass is 348 g/mol. The summed E-state index contributed by atoms with van der Waals surface area (Å²) in [6.45, 7) is 2.15. The number of halogens is 2. The predicted molar refractivity (Wildman–Crippen MR) is 81.6 cm³/mol. The molecular weight excluding hydrogens is 340 g/mol. The molecule has 0 unspecified atom stereocenters. The summed E-state index contributed by atoms with van der Waals surface area (Å²) in [5, 5.41) is 5.05. The summed E-state index contributed by atoms with van der Waals surface area (Å²) >= 11 is 7.48. The van der Waals surface area contributed by atoms with Gasteiger partial charge in [-0.25, -0.2) is 0 Å². The van der Waals surface area contributed by atoms with Crippen molar-refractivity contribution in [2.45, 2.75) is 6.92 Å². The molecule has 0 saturated heterocycles. The van der Waals surface area contributed by atoms with Crippen molar-refractivity contribution < 1.29 is 0 Å². The van der Waals surface area contributed by atoms with Crippen LogP contribution in [-0.2, 0) is 0 Å². The predicted octanol–water partition coefficient (Wildman–Crippen LogP) is 5.83. The highest BCUT2D eigenvalue weighted by Crippen LogP contribution is 2.40. The average molecular weight is 350 g/mol. The van der Waals surface area contributed by atoms with Gasteiger partial charge in [-0.15, -0.1) is 0 Å². The van der Waals surface area contributed by atoms with Crippen molar-refractivity contribution in [2.24, 2.45) is 0 Å². The van der Waals surface area contributed by atoms with Crippen molar-refractivity contribution in [3.63, 3.8) is 0 Å². The van der Waals surface area contributed by atoms with Gasteiger partial charge in [0.25, 0.3) is 0 Å². The smallest absolute Gasteiger partial charge is 0.0335 e. The van der Waals surface area contributed by atoms with Crippen LogP contribution in [-0.4, -0.2) is 0 Å². The second-order valence-electron chi connectivity index (χ2n) is 4.17. The first-order chi connectivity index (χ1) is 8.20. The van der Waals surface area contributed by atoms with E-state index in [1.807, 2.05) is 0 Å². The lowest BCUT2D eigenvalue weighted by atomic mass is 10.0. The van der Waals surface area contributed by atoms with E-state index in [0.717, 1.165) is 0 Å². The summed E-state index contributed by atoms with van der Waals surface area (Å²) in [4.78, 5) is 0. The lowest BCUT2D eigenvalue weighted by Crippen LogP contribution is -1.85. The minimum Gasteiger partial charge on any atom is -0.0616 e. The lowest BCUT2D eigenvalue weighted by molar-refractivity contribution is 1.53. The maximum absolute atomic E-state index is 3.75. The minimum atomic E-state index is 1.18. The second-order valence-corrected chi connectivity index (χ2v) is 5.76. The zero-order valence-corrected chi connectivity index (χ0v) is 12.5. The van der Waals surface area contributed by atoms with Crippen LogP contribution in [0.4, 0.5) is 0 Å². The first-order valence-electron chi connectivity index (χ1n) is 5.45. The Kier molecular flexibility index (Phi) is 2.72. The molecule has 3 aromatic carbocycles. The van der Waals surface area contributed by atoms with Crippen LogP contribution in [0, 0.1) is 6.92 Å². The van der Waals surface area contributed by atoms with Gasteiger partial charge in [0.2, 0.25) is 0 Å². The van der Waals surface area contributed by atoms with Crippen molar-refractivity contribution in [1.29, 1.82) is 0 Å². The van der Waals surface area contributed by atoms with E-state index in [1.165, 1.54) is 36.1 Å². The summed E-state index contributed by atoms with van der Waals surface area (Å²) in [5.74, 6) is 0. The first kappa shape index (κ1) is 11.2. The molecule has 0 aliphatic heterocycles. The Hall–Kier alpha value is -0.860. The Morgan fingerprint density at radius 1 is 0.706 bits per heavy atom. The Morgan fingerprint density at radius 2 is 1.29 bits per heavy atom. The molecule has 0 aliphatic carbocycles. The van der Waals surface area contributed by atoms with E-state index in [0.29, 0.717) is 0 Å². The first-order valence-corrected chi connectivity index (χ1v) is 7.04. The molecule has 2 heteroatoms. The van der Waals surface area contributed by atoms with Gasteiger partial charge in [0, 0.05) is 14.3 Å². The van der Waals surface area contributed by atoms with Crippen molar-refractivity contribution in [3.8, 4) is 0 Å². The molecule has 0 atom stereocenters. The molecular formula is C15H10Br2. The third-order valence-electron chi connectivity index (χ3n) is 3.13. The van der Waals surface area contributed by atoms with E-state index in [-0.39, 0.29) is 0 Å². The van der Waals surface area contributed by atoms with Gasteiger partial charge >= 0.3 is 0 Å². The SMILES string of the molecule is Cc1cccc2c(Br)c3ccccc3c(Br)c12. The van der Waals surface area contributed by atoms with E-state index < -0.39 is 0 Å². The van der Waals surface area contributed by atoms with E-state index in [9.17, 15) is 0 Å². The minimum absolute atomic E-state index is 1.18. The Balaban J connectivity index is 2.69. The van der Waals surface area contributed by atoms with Crippen molar-refractivity contribution in [3.05, 3.63) is 57.0 Å². The molecule has 0 amide bonds. The molecule has 0 spiro atoms. The summed E-state index contributed by atoms with van der Waals surface area (Å²) in [5.41, 5.74) is 1.29. The van der Waals surface area contributed by atoms with Crippen LogP contribution in [0.2, 0.25) is 0 Å². The van der Waals surface area contributed by atoms with Crippen LogP contribution in [0.15, 0.2) is 51.4 Å². The molecule has 3 aromatic rings. The van der Waals surface area contributed by atoms with E-state index in [1.54, 1.807) is 0 Å². The molecule has 0 aliphatic rings. The van der Waals surface area contributed by atoms with Crippen molar-refractivity contribution >= 4 is 53.4 Å². The molecule has 0 N–H and O–H groups in total. The highest BCUT2D eigenvalue weighted by atomic mass is 79.9. The van der Waals surface area contributed by atoms with E-state index >= 15 is 0 Å². The van der Waals surface area contributed by atoms with Crippen LogP contribution in [0.25, 0.3) is 21.5 Å². The molecule has 0 nitrogen and oxygen atoms in total. The Morgan fingerprint density at radius 3 is 2.00 bits per heavy atom. The van der Waals surface area contributed by atoms with Crippen LogP contribution in [0.3, 0.4) is 0 Å². The van der Waals surface area contributed by atoms with Gasteiger partial charge in [-0.2, -0.15) is 0 Å². The molecule has 0 fully saturated rings. The van der Waals surface area contributed by atoms with Crippen LogP contribution >= 0.6 is 31.9 Å². The summed E-state index contributed by atoms with van der Waals surface area (Å²) in [6.07, 6.45) is 0. The highest BCUT2D eigenvalue weighted by Gasteiger charge is 2.11. The normalized spacial score (nSPS) is 11.2. The second kappa shape index (κ2) is 4.11. The Labute approximate surface area is 117 Å². The summed E-state index contributed by atoms with van der Waals surface area (Å²) in [7, 11) is 0. The van der Waals surface area contributed by atoms with Crippen molar-refractivity contribution in [2.75, 3.05) is 0 Å². The zero-order chi connectivity index (χ0) is 12.0. The fourth-order valence-electron chi connectivity index (χ4n) is 2.29. The van der Waals surface area contributed by atoms with Crippen molar-refractivity contribution in [1.82, 2.24) is 0 Å². The molecule has 0 saturated carbocycles. The quantitative estimate of drug-likeness (QED) is 0.448. The third-order valence-corrected chi connectivity index (χ3v) is 4.81. The van der Waals surface area contributed by atoms with Crippen LogP contribution < -0.4 is 0 Å². The largest absolute Gasteiger partial charge is 0.0616 e. The number of hydrogen-bond acceptors (Lipinski definition) is 0. The van der Waals surface area contributed by atoms with Gasteiger partial charge in [-0.05, 0) is 60.5 Å². The average Bonchev–Trinajstić information content (AvgIpc) is 2.36. The molecule has 0 bridgehead atoms. The number of fused-ring (bicyclic) bond motifs is 2. The number of benzene rings is 3. The topological polar surface area (TPSA) is 0 Å². The van der Waals surface area contributed by atoms with Gasteiger partial charge in [0.1, 0.15) is 0 Å². The number of hydrogen-bond donors (Lipinski definition) is 0. The van der Waals surface area contributed by atoms with Gasteiger partial charge in [-0.3, -0.25) is 0 Å². The molecule has 0 heterocycles. The summed E-state index contributed by atoms with van der Waals surface area (Å²) in [6, 6.07) is 14.8. The summed E-state index contributed by atoms with van der Waals surface area (Å²) < 4.78 is 2.36. The molecule has 17 heavy (non-hydrogen) atoms. The third kappa shape index (κ3) is 1.62. The molecule has 3 rings (SSSR count). The van der Waals surface area contributed by atoms with Gasteiger partial charge in [0.05, 0.1) is 0 Å². The maximum Gasteiger partial charge on any atom is 0.0335 e. The van der Waals surface area contributed by atoms with Gasteiger partial charge < -0.3 is 0 Å². The lowest BCUT2D eigenvalue weighted by Gasteiger charge is -2.11. The van der Waals surface area contributed by atoms with Gasteiger partial charge in [0.15, 0.2) is 0 Å². The number of aryl methyl sites for hydroxylation is 1. The zero-order valence-electron chi connectivity index (χ0n) is 9.30. The molecule has 84 valence electrons. The van der Waals surface area contributed by atoms with Crippen LogP contribution in [0.1, 0.15) is 5.56 Å². The van der Waals surface area contributed by atoms with E-state index in [4.69, 9.17) is 0 Å². The van der Waals surface area contributed by atoms with Crippen LogP contribution in [0.5, 0.6) is 0 Å². The van der Waals surface area contributed by atoms with E-state index in [2.05, 4.69) is 81.2 Å². The standard InChI is InChI=1S/C15H10Br2/c1-9-5-4-8-12-13(9)15(17)11-7-3-2-6-10(11)14(12)16/h2-8H,1H3. The fourth-order valence-corrected chi connectivity index (χ4v) is 3.84. The molecule has 0 aromatic heterocycles.